The number of carbonyl (C=O) groups excluding carboxylic acids is 1. The molecule has 0 aliphatic carbocycles. The number of pyridine rings is 1. The normalized spacial score (nSPS) is 10.4. The molecule has 0 spiro atoms. The molecule has 0 saturated carbocycles. The summed E-state index contributed by atoms with van der Waals surface area (Å²) in [7, 11) is 1.82. The Morgan fingerprint density at radius 1 is 1.33 bits per heavy atom. The third kappa shape index (κ3) is 4.56. The molecule has 0 aliphatic heterocycles. The third-order valence-electron chi connectivity index (χ3n) is 3.18. The Balaban J connectivity index is 1.98. The van der Waals surface area contributed by atoms with Crippen molar-refractivity contribution < 1.29 is 4.79 Å². The van der Waals surface area contributed by atoms with Gasteiger partial charge in [0.1, 0.15) is 5.82 Å². The summed E-state index contributed by atoms with van der Waals surface area (Å²) >= 11 is 1.68. The van der Waals surface area contributed by atoms with Gasteiger partial charge in [-0.05, 0) is 47.4 Å². The van der Waals surface area contributed by atoms with Crippen LogP contribution in [0.25, 0.3) is 0 Å². The van der Waals surface area contributed by atoms with E-state index in [2.05, 4.69) is 39.4 Å². The lowest BCUT2D eigenvalue weighted by molar-refractivity contribution is 0.0954. The molecular weight excluding hydrogens is 282 g/mol. The van der Waals surface area contributed by atoms with Gasteiger partial charge in [-0.25, -0.2) is 4.98 Å². The minimum Gasteiger partial charge on any atom is -0.373 e. The molecule has 0 aromatic carbocycles. The quantitative estimate of drug-likeness (QED) is 0.826. The summed E-state index contributed by atoms with van der Waals surface area (Å²) in [5.74, 6) is 0.699. The molecule has 2 heterocycles. The molecule has 2 aromatic rings. The van der Waals surface area contributed by atoms with Crippen molar-refractivity contribution in [1.82, 2.24) is 10.3 Å². The molecule has 5 heteroatoms. The second-order valence-corrected chi connectivity index (χ2v) is 5.65. The fourth-order valence-corrected chi connectivity index (χ4v) is 2.79. The van der Waals surface area contributed by atoms with Crippen LogP contribution < -0.4 is 10.6 Å². The van der Waals surface area contributed by atoms with E-state index >= 15 is 0 Å². The predicted octanol–water partition coefficient (Wildman–Crippen LogP) is 3.11. The van der Waals surface area contributed by atoms with Crippen molar-refractivity contribution >= 4 is 23.1 Å². The Morgan fingerprint density at radius 3 is 2.86 bits per heavy atom. The van der Waals surface area contributed by atoms with Crippen LogP contribution in [-0.2, 0) is 12.8 Å². The largest absolute Gasteiger partial charge is 0.373 e. The number of amides is 1. The van der Waals surface area contributed by atoms with E-state index in [4.69, 9.17) is 0 Å². The highest BCUT2D eigenvalue weighted by Gasteiger charge is 2.09. The Bertz CT molecular complexity index is 581. The second-order valence-electron chi connectivity index (χ2n) is 4.87. The van der Waals surface area contributed by atoms with Crippen molar-refractivity contribution in [2.45, 2.75) is 26.2 Å². The van der Waals surface area contributed by atoms with Crippen LogP contribution in [0, 0.1) is 0 Å². The van der Waals surface area contributed by atoms with Crippen LogP contribution >= 0.6 is 11.3 Å². The molecule has 2 rings (SSSR count). The molecular formula is C16H21N3OS. The van der Waals surface area contributed by atoms with Crippen LogP contribution in [-0.4, -0.2) is 24.5 Å². The second kappa shape index (κ2) is 7.78. The zero-order valence-corrected chi connectivity index (χ0v) is 13.3. The first kappa shape index (κ1) is 15.5. The molecule has 112 valence electrons. The molecule has 2 N–H and O–H groups in total. The summed E-state index contributed by atoms with van der Waals surface area (Å²) in [5.41, 5.74) is 2.88. The fraction of sp³-hybridized carbons (Fsp3) is 0.375. The van der Waals surface area contributed by atoms with Crippen LogP contribution in [0.15, 0.2) is 29.0 Å². The maximum Gasteiger partial charge on any atom is 0.251 e. The Morgan fingerprint density at radius 2 is 2.19 bits per heavy atom. The van der Waals surface area contributed by atoms with E-state index in [-0.39, 0.29) is 5.91 Å². The van der Waals surface area contributed by atoms with Gasteiger partial charge in [0, 0.05) is 24.8 Å². The van der Waals surface area contributed by atoms with E-state index in [9.17, 15) is 4.79 Å². The molecule has 0 aliphatic rings. The van der Waals surface area contributed by atoms with Gasteiger partial charge >= 0.3 is 0 Å². The monoisotopic (exact) mass is 303 g/mol. The number of aromatic nitrogens is 1. The number of anilines is 1. The molecule has 0 radical (unpaired) electrons. The topological polar surface area (TPSA) is 54.0 Å². The minimum absolute atomic E-state index is 0.0403. The van der Waals surface area contributed by atoms with Crippen LogP contribution in [0.3, 0.4) is 0 Å². The lowest BCUT2D eigenvalue weighted by atomic mass is 10.1. The number of hydrogen-bond acceptors (Lipinski definition) is 4. The van der Waals surface area contributed by atoms with E-state index in [1.807, 2.05) is 13.1 Å². The number of nitrogens with one attached hydrogen (secondary N) is 2. The SMILES string of the molecule is CCCc1cc(C(=O)NCCc2ccsc2)cc(NC)n1. The van der Waals surface area contributed by atoms with Gasteiger partial charge in [0.2, 0.25) is 0 Å². The first-order valence-electron chi connectivity index (χ1n) is 7.21. The lowest BCUT2D eigenvalue weighted by Crippen LogP contribution is -2.26. The predicted molar refractivity (Wildman–Crippen MR) is 88.1 cm³/mol. The zero-order chi connectivity index (χ0) is 15.1. The van der Waals surface area contributed by atoms with E-state index in [1.54, 1.807) is 17.4 Å². The molecule has 0 bridgehead atoms. The van der Waals surface area contributed by atoms with Crippen LogP contribution in [0.2, 0.25) is 0 Å². The van der Waals surface area contributed by atoms with Gasteiger partial charge in [-0.2, -0.15) is 11.3 Å². The summed E-state index contributed by atoms with van der Waals surface area (Å²) in [6.07, 6.45) is 2.76. The average Bonchev–Trinajstić information content (AvgIpc) is 3.00. The van der Waals surface area contributed by atoms with Crippen molar-refractivity contribution in [3.05, 3.63) is 45.8 Å². The van der Waals surface area contributed by atoms with Crippen molar-refractivity contribution in [3.8, 4) is 0 Å². The van der Waals surface area contributed by atoms with Gasteiger partial charge in [0.25, 0.3) is 5.91 Å². The smallest absolute Gasteiger partial charge is 0.251 e. The average molecular weight is 303 g/mol. The van der Waals surface area contributed by atoms with Gasteiger partial charge in [-0.3, -0.25) is 4.79 Å². The summed E-state index contributed by atoms with van der Waals surface area (Å²) in [5, 5.41) is 10.1. The van der Waals surface area contributed by atoms with E-state index in [0.29, 0.717) is 12.1 Å². The Kier molecular flexibility index (Phi) is 5.75. The van der Waals surface area contributed by atoms with Crippen molar-refractivity contribution in [2.24, 2.45) is 0 Å². The first-order chi connectivity index (χ1) is 10.2. The van der Waals surface area contributed by atoms with Crippen molar-refractivity contribution in [2.75, 3.05) is 18.9 Å². The lowest BCUT2D eigenvalue weighted by Gasteiger charge is -2.09. The van der Waals surface area contributed by atoms with Crippen molar-refractivity contribution in [1.29, 1.82) is 0 Å². The van der Waals surface area contributed by atoms with Crippen LogP contribution in [0.4, 0.5) is 5.82 Å². The van der Waals surface area contributed by atoms with Crippen LogP contribution in [0.1, 0.15) is 35.0 Å². The van der Waals surface area contributed by atoms with Gasteiger partial charge < -0.3 is 10.6 Å². The maximum atomic E-state index is 12.2. The molecule has 0 saturated heterocycles. The highest BCUT2D eigenvalue weighted by atomic mass is 32.1. The summed E-state index contributed by atoms with van der Waals surface area (Å²) < 4.78 is 0. The molecule has 0 atom stereocenters. The van der Waals surface area contributed by atoms with Gasteiger partial charge in [-0.1, -0.05) is 13.3 Å². The number of nitrogens with zero attached hydrogens (tertiary/aromatic N) is 1. The third-order valence-corrected chi connectivity index (χ3v) is 3.91. The number of carbonyl (C=O) groups is 1. The van der Waals surface area contributed by atoms with E-state index in [1.165, 1.54) is 5.56 Å². The fourth-order valence-electron chi connectivity index (χ4n) is 2.09. The first-order valence-corrected chi connectivity index (χ1v) is 8.15. The molecule has 21 heavy (non-hydrogen) atoms. The highest BCUT2D eigenvalue weighted by Crippen LogP contribution is 2.12. The van der Waals surface area contributed by atoms with Gasteiger partial charge in [0.05, 0.1) is 0 Å². The number of rotatable bonds is 7. The summed E-state index contributed by atoms with van der Waals surface area (Å²) in [4.78, 5) is 16.7. The molecule has 2 aromatic heterocycles. The van der Waals surface area contributed by atoms with Crippen molar-refractivity contribution in [3.63, 3.8) is 0 Å². The number of aryl methyl sites for hydroxylation is 1. The molecule has 0 fully saturated rings. The van der Waals surface area contributed by atoms with E-state index < -0.39 is 0 Å². The number of thiophene rings is 1. The molecule has 0 unspecified atom stereocenters. The van der Waals surface area contributed by atoms with Gasteiger partial charge in [-0.15, -0.1) is 0 Å². The van der Waals surface area contributed by atoms with Gasteiger partial charge in [0.15, 0.2) is 0 Å². The van der Waals surface area contributed by atoms with E-state index in [0.717, 1.165) is 30.8 Å². The minimum atomic E-state index is -0.0403. The molecule has 1 amide bonds. The molecule has 4 nitrogen and oxygen atoms in total. The highest BCUT2D eigenvalue weighted by molar-refractivity contribution is 7.07. The summed E-state index contributed by atoms with van der Waals surface area (Å²) in [6.45, 7) is 2.75. The standard InChI is InChI=1S/C16H21N3OS/c1-3-4-14-9-13(10-15(17-2)19-14)16(20)18-7-5-12-6-8-21-11-12/h6,8-11H,3-5,7H2,1-2H3,(H,17,19)(H,18,20). The zero-order valence-electron chi connectivity index (χ0n) is 12.5. The van der Waals surface area contributed by atoms with Crippen LogP contribution in [0.5, 0.6) is 0 Å². The Labute approximate surface area is 129 Å². The maximum absolute atomic E-state index is 12.2. The Hall–Kier alpha value is -1.88. The number of hydrogen-bond donors (Lipinski definition) is 2. The summed E-state index contributed by atoms with van der Waals surface area (Å²) in [6, 6.07) is 5.76.